The van der Waals surface area contributed by atoms with Crippen molar-refractivity contribution in [2.45, 2.75) is 25.7 Å². The largest absolute Gasteiger partial charge is 0.388 e. The third-order valence-corrected chi connectivity index (χ3v) is 3.27. The van der Waals surface area contributed by atoms with Crippen LogP contribution in [-0.4, -0.2) is 7.05 Å². The van der Waals surface area contributed by atoms with E-state index in [9.17, 15) is 0 Å². The fraction of sp³-hybridized carbons (Fsp3) is 0.455. The fourth-order valence-electron chi connectivity index (χ4n) is 2.37. The third-order valence-electron chi connectivity index (χ3n) is 3.27. The van der Waals surface area contributed by atoms with Crippen LogP contribution >= 0.6 is 0 Å². The van der Waals surface area contributed by atoms with Crippen molar-refractivity contribution >= 4 is 5.69 Å². The molecule has 3 rings (SSSR count). The molecule has 1 N–H and O–H groups in total. The lowest BCUT2D eigenvalue weighted by Crippen LogP contribution is -2.20. The third kappa shape index (κ3) is 0.603. The quantitative estimate of drug-likeness (QED) is 0.660. The van der Waals surface area contributed by atoms with E-state index in [1.54, 1.807) is 22.3 Å². The first-order chi connectivity index (χ1) is 5.90. The summed E-state index contributed by atoms with van der Waals surface area (Å²) in [6, 6.07) is 2.42. The standard InChI is InChI=1S/C11H13N/c1-12-11-9-4-2-7(9)6-8-3-5-10(8)11/h6,12H,2-5H2,1H3. The van der Waals surface area contributed by atoms with Crippen LogP contribution in [0.3, 0.4) is 0 Å². The van der Waals surface area contributed by atoms with Crippen molar-refractivity contribution in [3.05, 3.63) is 28.3 Å². The van der Waals surface area contributed by atoms with Gasteiger partial charge in [0.05, 0.1) is 0 Å². The predicted molar refractivity (Wildman–Crippen MR) is 50.8 cm³/mol. The zero-order valence-corrected chi connectivity index (χ0v) is 7.41. The Labute approximate surface area is 72.8 Å². The van der Waals surface area contributed by atoms with Crippen LogP contribution in [0.25, 0.3) is 0 Å². The Morgan fingerprint density at radius 1 is 1.00 bits per heavy atom. The topological polar surface area (TPSA) is 12.0 Å². The number of fused-ring (bicyclic) bond motifs is 2. The lowest BCUT2D eigenvalue weighted by molar-refractivity contribution is 0.779. The summed E-state index contributed by atoms with van der Waals surface area (Å²) >= 11 is 0. The lowest BCUT2D eigenvalue weighted by atomic mass is 9.76. The van der Waals surface area contributed by atoms with Crippen LogP contribution in [0.4, 0.5) is 5.69 Å². The predicted octanol–water partition coefficient (Wildman–Crippen LogP) is 1.93. The number of rotatable bonds is 1. The van der Waals surface area contributed by atoms with Crippen molar-refractivity contribution in [2.24, 2.45) is 0 Å². The average Bonchev–Trinajstić information content (AvgIpc) is 1.97. The van der Waals surface area contributed by atoms with Crippen LogP contribution in [0.5, 0.6) is 0 Å². The average molecular weight is 159 g/mol. The summed E-state index contributed by atoms with van der Waals surface area (Å²) in [6.07, 6.45) is 5.19. The van der Waals surface area contributed by atoms with E-state index in [2.05, 4.69) is 11.4 Å². The first-order valence-corrected chi connectivity index (χ1v) is 4.74. The summed E-state index contributed by atoms with van der Waals surface area (Å²) in [5, 5.41) is 3.35. The van der Waals surface area contributed by atoms with Gasteiger partial charge in [-0.3, -0.25) is 0 Å². The minimum atomic E-state index is 1.29. The molecule has 0 saturated carbocycles. The lowest BCUT2D eigenvalue weighted by Gasteiger charge is -2.31. The molecule has 1 aromatic carbocycles. The van der Waals surface area contributed by atoms with Crippen LogP contribution in [0.1, 0.15) is 22.3 Å². The van der Waals surface area contributed by atoms with Crippen LogP contribution in [0.2, 0.25) is 0 Å². The Morgan fingerprint density at radius 2 is 1.58 bits per heavy atom. The molecule has 0 radical (unpaired) electrons. The van der Waals surface area contributed by atoms with Gasteiger partial charge >= 0.3 is 0 Å². The Hall–Kier alpha value is -0.980. The highest BCUT2D eigenvalue weighted by molar-refractivity contribution is 5.68. The number of hydrogen-bond donors (Lipinski definition) is 1. The van der Waals surface area contributed by atoms with Crippen molar-refractivity contribution < 1.29 is 0 Å². The summed E-state index contributed by atoms with van der Waals surface area (Å²) in [7, 11) is 2.05. The molecular weight excluding hydrogens is 146 g/mol. The van der Waals surface area contributed by atoms with Gasteiger partial charge in [-0.15, -0.1) is 0 Å². The van der Waals surface area contributed by atoms with Crippen molar-refractivity contribution in [2.75, 3.05) is 12.4 Å². The van der Waals surface area contributed by atoms with E-state index in [1.807, 2.05) is 7.05 Å². The zero-order valence-electron chi connectivity index (χ0n) is 7.41. The number of aryl methyl sites for hydroxylation is 2. The molecule has 0 bridgehead atoms. The molecule has 0 atom stereocenters. The maximum atomic E-state index is 3.35. The summed E-state index contributed by atoms with van der Waals surface area (Å²) < 4.78 is 0. The monoisotopic (exact) mass is 159 g/mol. The summed E-state index contributed by atoms with van der Waals surface area (Å²) in [6.45, 7) is 0. The van der Waals surface area contributed by atoms with Gasteiger partial charge in [0.25, 0.3) is 0 Å². The van der Waals surface area contributed by atoms with E-state index in [4.69, 9.17) is 0 Å². The van der Waals surface area contributed by atoms with Crippen molar-refractivity contribution in [3.63, 3.8) is 0 Å². The molecule has 0 aromatic heterocycles. The van der Waals surface area contributed by atoms with Crippen LogP contribution in [-0.2, 0) is 25.7 Å². The Kier molecular flexibility index (Phi) is 1.11. The first-order valence-electron chi connectivity index (χ1n) is 4.74. The number of nitrogens with one attached hydrogen (secondary N) is 1. The SMILES string of the molecule is CNc1c2c(cc3c1CC3)CC2. The molecule has 0 saturated heterocycles. The minimum Gasteiger partial charge on any atom is -0.388 e. The molecule has 1 nitrogen and oxygen atoms in total. The molecule has 0 amide bonds. The highest BCUT2D eigenvalue weighted by atomic mass is 14.8. The van der Waals surface area contributed by atoms with E-state index in [0.29, 0.717) is 0 Å². The Balaban J connectivity index is 2.27. The maximum Gasteiger partial charge on any atom is 0.0408 e. The molecule has 0 fully saturated rings. The van der Waals surface area contributed by atoms with Crippen molar-refractivity contribution in [1.29, 1.82) is 0 Å². The maximum absolute atomic E-state index is 3.35. The molecule has 62 valence electrons. The summed E-state index contributed by atoms with van der Waals surface area (Å²) in [5.74, 6) is 0. The van der Waals surface area contributed by atoms with E-state index in [1.165, 1.54) is 31.4 Å². The molecule has 0 aliphatic heterocycles. The molecule has 0 heterocycles. The van der Waals surface area contributed by atoms with Crippen molar-refractivity contribution in [3.8, 4) is 0 Å². The van der Waals surface area contributed by atoms with E-state index in [-0.39, 0.29) is 0 Å². The molecule has 2 aliphatic rings. The smallest absolute Gasteiger partial charge is 0.0408 e. The second-order valence-corrected chi connectivity index (χ2v) is 3.78. The van der Waals surface area contributed by atoms with E-state index in [0.717, 1.165) is 0 Å². The summed E-state index contributed by atoms with van der Waals surface area (Å²) in [4.78, 5) is 0. The fourth-order valence-corrected chi connectivity index (χ4v) is 2.37. The van der Waals surface area contributed by atoms with Gasteiger partial charge in [0.15, 0.2) is 0 Å². The van der Waals surface area contributed by atoms with Crippen LogP contribution in [0.15, 0.2) is 6.07 Å². The van der Waals surface area contributed by atoms with Crippen LogP contribution in [0, 0.1) is 0 Å². The molecule has 2 aliphatic carbocycles. The highest BCUT2D eigenvalue weighted by Gasteiger charge is 2.26. The normalized spacial score (nSPS) is 17.1. The number of hydrogen-bond acceptors (Lipinski definition) is 1. The second kappa shape index (κ2) is 2.03. The Morgan fingerprint density at radius 3 is 1.92 bits per heavy atom. The van der Waals surface area contributed by atoms with Gasteiger partial charge in [-0.2, -0.15) is 0 Å². The van der Waals surface area contributed by atoms with Gasteiger partial charge < -0.3 is 5.32 Å². The minimum absolute atomic E-state index is 1.29. The highest BCUT2D eigenvalue weighted by Crippen LogP contribution is 2.40. The first kappa shape index (κ1) is 6.53. The van der Waals surface area contributed by atoms with Gasteiger partial charge in [0.2, 0.25) is 0 Å². The molecule has 12 heavy (non-hydrogen) atoms. The van der Waals surface area contributed by atoms with Gasteiger partial charge in [0, 0.05) is 12.7 Å². The molecular formula is C11H13N. The van der Waals surface area contributed by atoms with Gasteiger partial charge in [-0.05, 0) is 47.9 Å². The second-order valence-electron chi connectivity index (χ2n) is 3.78. The number of anilines is 1. The molecule has 1 aromatic rings. The molecule has 0 unspecified atom stereocenters. The zero-order chi connectivity index (χ0) is 8.13. The van der Waals surface area contributed by atoms with Gasteiger partial charge in [-0.25, -0.2) is 0 Å². The van der Waals surface area contributed by atoms with Gasteiger partial charge in [-0.1, -0.05) is 6.07 Å². The van der Waals surface area contributed by atoms with Crippen molar-refractivity contribution in [1.82, 2.24) is 0 Å². The molecule has 0 spiro atoms. The summed E-state index contributed by atoms with van der Waals surface area (Å²) in [5.41, 5.74) is 7.84. The number of benzene rings is 1. The van der Waals surface area contributed by atoms with Gasteiger partial charge in [0.1, 0.15) is 0 Å². The van der Waals surface area contributed by atoms with E-state index >= 15 is 0 Å². The van der Waals surface area contributed by atoms with E-state index < -0.39 is 0 Å². The van der Waals surface area contributed by atoms with Crippen LogP contribution < -0.4 is 5.32 Å². The molecule has 1 heteroatoms. The Bertz CT molecular complexity index is 322.